The van der Waals surface area contributed by atoms with Crippen LogP contribution in [-0.2, 0) is 6.42 Å². The van der Waals surface area contributed by atoms with E-state index in [2.05, 4.69) is 48.3 Å². The summed E-state index contributed by atoms with van der Waals surface area (Å²) in [6.45, 7) is 10.9. The van der Waals surface area contributed by atoms with Gasteiger partial charge < -0.3 is 10.6 Å². The lowest BCUT2D eigenvalue weighted by atomic mass is 10.1. The van der Waals surface area contributed by atoms with Crippen LogP contribution in [-0.4, -0.2) is 23.1 Å². The van der Waals surface area contributed by atoms with Crippen molar-refractivity contribution in [1.82, 2.24) is 9.97 Å². The topological polar surface area (TPSA) is 49.8 Å². The van der Waals surface area contributed by atoms with Crippen molar-refractivity contribution < 1.29 is 0 Å². The molecule has 2 N–H and O–H groups in total. The second-order valence-electron chi connectivity index (χ2n) is 6.04. The van der Waals surface area contributed by atoms with Crippen LogP contribution < -0.4 is 10.6 Å². The molecule has 21 heavy (non-hydrogen) atoms. The number of rotatable bonds is 11. The van der Waals surface area contributed by atoms with Crippen LogP contribution in [0.4, 0.5) is 11.6 Å². The van der Waals surface area contributed by atoms with Crippen LogP contribution in [0.15, 0.2) is 6.33 Å². The second kappa shape index (κ2) is 10.4. The lowest BCUT2D eigenvalue weighted by Crippen LogP contribution is -2.11. The largest absolute Gasteiger partial charge is 0.370 e. The first-order valence-electron chi connectivity index (χ1n) is 8.50. The standard InChI is InChI=1S/C17H32N4/c1-5-9-15-16(18-11-6-2)20-13-21-17(15)19-12-8-7-10-14(3)4/h13-14H,5-12H2,1-4H3,(H2,18,19,20,21). The van der Waals surface area contributed by atoms with Gasteiger partial charge in [-0.25, -0.2) is 9.97 Å². The van der Waals surface area contributed by atoms with E-state index < -0.39 is 0 Å². The maximum atomic E-state index is 4.44. The molecule has 0 aliphatic rings. The zero-order chi connectivity index (χ0) is 15.5. The fourth-order valence-electron chi connectivity index (χ4n) is 2.33. The number of nitrogens with zero attached hydrogens (tertiary/aromatic N) is 2. The number of aromatic nitrogens is 2. The van der Waals surface area contributed by atoms with E-state index in [0.717, 1.165) is 49.9 Å². The summed E-state index contributed by atoms with van der Waals surface area (Å²) in [7, 11) is 0. The van der Waals surface area contributed by atoms with Gasteiger partial charge in [-0.3, -0.25) is 0 Å². The minimum absolute atomic E-state index is 0.796. The number of hydrogen-bond donors (Lipinski definition) is 2. The molecular formula is C17H32N4. The van der Waals surface area contributed by atoms with Gasteiger partial charge in [0.25, 0.3) is 0 Å². The number of anilines is 2. The van der Waals surface area contributed by atoms with Crippen LogP contribution in [0.25, 0.3) is 0 Å². The summed E-state index contributed by atoms with van der Waals surface area (Å²) in [6.07, 6.45) is 8.67. The van der Waals surface area contributed by atoms with E-state index in [1.54, 1.807) is 6.33 Å². The molecular weight excluding hydrogens is 260 g/mol. The summed E-state index contributed by atoms with van der Waals surface area (Å²) in [4.78, 5) is 8.84. The summed E-state index contributed by atoms with van der Waals surface area (Å²) in [5, 5.41) is 6.91. The molecule has 0 saturated carbocycles. The third kappa shape index (κ3) is 6.78. The van der Waals surface area contributed by atoms with Gasteiger partial charge >= 0.3 is 0 Å². The van der Waals surface area contributed by atoms with Crippen molar-refractivity contribution in [1.29, 1.82) is 0 Å². The van der Waals surface area contributed by atoms with Crippen LogP contribution in [0, 0.1) is 5.92 Å². The van der Waals surface area contributed by atoms with Crippen molar-refractivity contribution in [3.05, 3.63) is 11.9 Å². The first-order chi connectivity index (χ1) is 10.2. The van der Waals surface area contributed by atoms with Crippen molar-refractivity contribution in [3.8, 4) is 0 Å². The second-order valence-corrected chi connectivity index (χ2v) is 6.04. The Kier molecular flexibility index (Phi) is 8.79. The van der Waals surface area contributed by atoms with Crippen LogP contribution in [0.1, 0.15) is 65.4 Å². The lowest BCUT2D eigenvalue weighted by Gasteiger charge is -2.15. The van der Waals surface area contributed by atoms with Gasteiger partial charge in [-0.2, -0.15) is 0 Å². The third-order valence-corrected chi connectivity index (χ3v) is 3.49. The Morgan fingerprint density at radius 1 is 0.952 bits per heavy atom. The van der Waals surface area contributed by atoms with Gasteiger partial charge in [0.1, 0.15) is 18.0 Å². The van der Waals surface area contributed by atoms with Crippen LogP contribution in [0.5, 0.6) is 0 Å². The molecule has 0 aromatic carbocycles. The lowest BCUT2D eigenvalue weighted by molar-refractivity contribution is 0.544. The van der Waals surface area contributed by atoms with Crippen molar-refractivity contribution in [3.63, 3.8) is 0 Å². The molecule has 0 atom stereocenters. The van der Waals surface area contributed by atoms with Crippen LogP contribution in [0.3, 0.4) is 0 Å². The summed E-state index contributed by atoms with van der Waals surface area (Å²) < 4.78 is 0. The van der Waals surface area contributed by atoms with Crippen LogP contribution in [0.2, 0.25) is 0 Å². The van der Waals surface area contributed by atoms with Crippen LogP contribution >= 0.6 is 0 Å². The highest BCUT2D eigenvalue weighted by Crippen LogP contribution is 2.21. The molecule has 0 bridgehead atoms. The Morgan fingerprint density at radius 3 is 2.19 bits per heavy atom. The average molecular weight is 292 g/mol. The molecule has 1 heterocycles. The van der Waals surface area contributed by atoms with Crippen molar-refractivity contribution >= 4 is 11.6 Å². The van der Waals surface area contributed by atoms with E-state index in [1.807, 2.05) is 0 Å². The van der Waals surface area contributed by atoms with Crippen molar-refractivity contribution in [2.45, 2.75) is 66.2 Å². The molecule has 1 aromatic heterocycles. The zero-order valence-electron chi connectivity index (χ0n) is 14.2. The number of unbranched alkanes of at least 4 members (excludes halogenated alkanes) is 1. The molecule has 0 aliphatic heterocycles. The van der Waals surface area contributed by atoms with Gasteiger partial charge in [0.15, 0.2) is 0 Å². The number of hydrogen-bond acceptors (Lipinski definition) is 4. The molecule has 0 aliphatic carbocycles. The van der Waals surface area contributed by atoms with Crippen molar-refractivity contribution in [2.75, 3.05) is 23.7 Å². The minimum atomic E-state index is 0.796. The summed E-state index contributed by atoms with van der Waals surface area (Å²) >= 11 is 0. The summed E-state index contributed by atoms with van der Waals surface area (Å²) in [5.74, 6) is 2.80. The maximum Gasteiger partial charge on any atom is 0.134 e. The first-order valence-corrected chi connectivity index (χ1v) is 8.50. The van der Waals surface area contributed by atoms with E-state index >= 15 is 0 Å². The Morgan fingerprint density at radius 2 is 1.62 bits per heavy atom. The minimum Gasteiger partial charge on any atom is -0.370 e. The smallest absolute Gasteiger partial charge is 0.134 e. The monoisotopic (exact) mass is 292 g/mol. The van der Waals surface area contributed by atoms with Crippen molar-refractivity contribution in [2.24, 2.45) is 5.92 Å². The molecule has 0 saturated heterocycles. The van der Waals surface area contributed by atoms with E-state index in [4.69, 9.17) is 0 Å². The third-order valence-electron chi connectivity index (χ3n) is 3.49. The molecule has 1 aromatic rings. The molecule has 1 rings (SSSR count). The highest BCUT2D eigenvalue weighted by Gasteiger charge is 2.09. The van der Waals surface area contributed by atoms with E-state index in [9.17, 15) is 0 Å². The maximum absolute atomic E-state index is 4.44. The molecule has 0 unspecified atom stereocenters. The van der Waals surface area contributed by atoms with E-state index in [-0.39, 0.29) is 0 Å². The quantitative estimate of drug-likeness (QED) is 0.590. The normalized spacial score (nSPS) is 10.9. The Bertz CT molecular complexity index is 390. The van der Waals surface area contributed by atoms with E-state index in [1.165, 1.54) is 24.8 Å². The SMILES string of the molecule is CCCNc1ncnc(NCCCCC(C)C)c1CCC. The average Bonchev–Trinajstić information content (AvgIpc) is 2.46. The molecule has 4 heteroatoms. The number of nitrogens with one attached hydrogen (secondary N) is 2. The Labute approximate surface area is 130 Å². The molecule has 0 fully saturated rings. The summed E-state index contributed by atoms with van der Waals surface area (Å²) in [5.41, 5.74) is 1.23. The van der Waals surface area contributed by atoms with E-state index in [0.29, 0.717) is 0 Å². The highest BCUT2D eigenvalue weighted by atomic mass is 15.1. The fourth-order valence-corrected chi connectivity index (χ4v) is 2.33. The molecule has 0 amide bonds. The zero-order valence-corrected chi connectivity index (χ0v) is 14.2. The van der Waals surface area contributed by atoms with Gasteiger partial charge in [-0.15, -0.1) is 0 Å². The predicted molar refractivity (Wildman–Crippen MR) is 92.0 cm³/mol. The molecule has 0 radical (unpaired) electrons. The van der Waals surface area contributed by atoms with Gasteiger partial charge in [0.2, 0.25) is 0 Å². The molecule has 4 nitrogen and oxygen atoms in total. The Balaban J connectivity index is 2.58. The fraction of sp³-hybridized carbons (Fsp3) is 0.765. The van der Waals surface area contributed by atoms with Gasteiger partial charge in [0, 0.05) is 18.7 Å². The highest BCUT2D eigenvalue weighted by molar-refractivity contribution is 5.57. The molecule has 0 spiro atoms. The Hall–Kier alpha value is -1.32. The predicted octanol–water partition coefficient (Wildman–Crippen LogP) is 4.49. The van der Waals surface area contributed by atoms with Gasteiger partial charge in [-0.05, 0) is 25.2 Å². The van der Waals surface area contributed by atoms with Gasteiger partial charge in [-0.1, -0.05) is 47.0 Å². The van der Waals surface area contributed by atoms with Gasteiger partial charge in [0.05, 0.1) is 0 Å². The summed E-state index contributed by atoms with van der Waals surface area (Å²) in [6, 6.07) is 0. The first kappa shape index (κ1) is 17.7. The molecule has 120 valence electrons.